The van der Waals surface area contributed by atoms with Crippen LogP contribution >= 0.6 is 0 Å². The zero-order chi connectivity index (χ0) is 16.8. The van der Waals surface area contributed by atoms with Gasteiger partial charge in [-0.25, -0.2) is 0 Å². The standard InChI is InChI=1S/C15H12N2O6/c1-8-2-5-13(23-8)12(18)7-15(20)10-6-9(17(21)22)3-4-11(10)16-14(15)19/h2-6,20H,7H2,1H3,(H,16,19)/t15-/m0/s1. The number of hydrogen-bond donors (Lipinski definition) is 2. The summed E-state index contributed by atoms with van der Waals surface area (Å²) in [5.41, 5.74) is -2.20. The summed E-state index contributed by atoms with van der Waals surface area (Å²) in [5.74, 6) is -0.838. The van der Waals surface area contributed by atoms with Gasteiger partial charge in [0.05, 0.1) is 11.3 Å². The van der Waals surface area contributed by atoms with Gasteiger partial charge >= 0.3 is 0 Å². The molecule has 0 spiro atoms. The van der Waals surface area contributed by atoms with E-state index in [1.165, 1.54) is 18.2 Å². The number of non-ortho nitro benzene ring substituents is 1. The Bertz CT molecular complexity index is 840. The van der Waals surface area contributed by atoms with Crippen molar-refractivity contribution in [1.82, 2.24) is 0 Å². The van der Waals surface area contributed by atoms with Gasteiger partial charge in [0.2, 0.25) is 5.78 Å². The highest BCUT2D eigenvalue weighted by atomic mass is 16.6. The molecule has 1 aliphatic rings. The van der Waals surface area contributed by atoms with E-state index in [-0.39, 0.29) is 22.7 Å². The van der Waals surface area contributed by atoms with Gasteiger partial charge in [0.25, 0.3) is 11.6 Å². The topological polar surface area (TPSA) is 123 Å². The van der Waals surface area contributed by atoms with Crippen molar-refractivity contribution in [3.05, 3.63) is 57.5 Å². The van der Waals surface area contributed by atoms with Gasteiger partial charge in [0.1, 0.15) is 5.76 Å². The van der Waals surface area contributed by atoms with Crippen LogP contribution in [0.1, 0.15) is 28.3 Å². The lowest BCUT2D eigenvalue weighted by Crippen LogP contribution is -2.36. The number of fused-ring (bicyclic) bond motifs is 1. The van der Waals surface area contributed by atoms with Crippen molar-refractivity contribution < 1.29 is 24.0 Å². The molecule has 0 unspecified atom stereocenters. The number of Topliss-reactive ketones (excluding diaryl/α,β-unsaturated/α-hetero) is 1. The van der Waals surface area contributed by atoms with Gasteiger partial charge in [-0.15, -0.1) is 0 Å². The van der Waals surface area contributed by atoms with Crippen molar-refractivity contribution in [2.24, 2.45) is 0 Å². The van der Waals surface area contributed by atoms with Crippen molar-refractivity contribution in [1.29, 1.82) is 0 Å². The second-order valence-electron chi connectivity index (χ2n) is 5.31. The Morgan fingerprint density at radius 3 is 2.74 bits per heavy atom. The number of benzene rings is 1. The van der Waals surface area contributed by atoms with Crippen molar-refractivity contribution in [3.63, 3.8) is 0 Å². The van der Waals surface area contributed by atoms with Gasteiger partial charge in [-0.1, -0.05) is 0 Å². The third-order valence-corrected chi connectivity index (χ3v) is 3.71. The first-order valence-corrected chi connectivity index (χ1v) is 6.73. The lowest BCUT2D eigenvalue weighted by atomic mass is 9.89. The number of nitrogens with zero attached hydrogens (tertiary/aromatic N) is 1. The molecule has 1 atom stereocenters. The lowest BCUT2D eigenvalue weighted by Gasteiger charge is -2.19. The maximum Gasteiger partial charge on any atom is 0.269 e. The minimum atomic E-state index is -2.17. The SMILES string of the molecule is Cc1ccc(C(=O)C[C@@]2(O)C(=O)Nc3ccc([N+](=O)[O-])cc32)o1. The van der Waals surface area contributed by atoms with Crippen LogP contribution in [0.2, 0.25) is 0 Å². The van der Waals surface area contributed by atoms with E-state index in [4.69, 9.17) is 4.42 Å². The van der Waals surface area contributed by atoms with Crippen LogP contribution in [0, 0.1) is 17.0 Å². The minimum Gasteiger partial charge on any atom is -0.458 e. The molecule has 0 saturated carbocycles. The number of nitro groups is 1. The molecule has 1 aliphatic heterocycles. The van der Waals surface area contributed by atoms with E-state index in [0.29, 0.717) is 5.76 Å². The van der Waals surface area contributed by atoms with Gasteiger partial charge in [0, 0.05) is 23.4 Å². The zero-order valence-corrected chi connectivity index (χ0v) is 12.0. The van der Waals surface area contributed by atoms with E-state index in [1.807, 2.05) is 0 Å². The zero-order valence-electron chi connectivity index (χ0n) is 12.0. The number of hydrogen-bond acceptors (Lipinski definition) is 6. The average Bonchev–Trinajstić information content (AvgIpc) is 3.02. The van der Waals surface area contributed by atoms with Crippen LogP contribution in [-0.2, 0) is 10.4 Å². The quantitative estimate of drug-likeness (QED) is 0.504. The molecule has 2 heterocycles. The molecule has 0 aliphatic carbocycles. The molecule has 23 heavy (non-hydrogen) atoms. The molecule has 0 bridgehead atoms. The highest BCUT2D eigenvalue weighted by Gasteiger charge is 2.48. The van der Waals surface area contributed by atoms with Crippen molar-refractivity contribution in [2.45, 2.75) is 18.9 Å². The molecule has 1 aromatic carbocycles. The largest absolute Gasteiger partial charge is 0.458 e. The first-order chi connectivity index (χ1) is 10.8. The van der Waals surface area contributed by atoms with Crippen LogP contribution in [0.5, 0.6) is 0 Å². The summed E-state index contributed by atoms with van der Waals surface area (Å²) in [6, 6.07) is 6.66. The molecule has 8 heteroatoms. The number of nitro benzene ring substituents is 1. The van der Waals surface area contributed by atoms with Crippen LogP contribution in [0.15, 0.2) is 34.7 Å². The fraction of sp³-hybridized carbons (Fsp3) is 0.200. The second-order valence-corrected chi connectivity index (χ2v) is 5.31. The first kappa shape index (κ1) is 14.9. The number of nitrogens with one attached hydrogen (secondary N) is 1. The van der Waals surface area contributed by atoms with Crippen LogP contribution in [-0.4, -0.2) is 21.7 Å². The van der Waals surface area contributed by atoms with Gasteiger partial charge in [-0.3, -0.25) is 19.7 Å². The van der Waals surface area contributed by atoms with Gasteiger partial charge in [-0.05, 0) is 25.1 Å². The Kier molecular flexibility index (Phi) is 3.26. The minimum absolute atomic E-state index is 0.00771. The summed E-state index contributed by atoms with van der Waals surface area (Å²) in [7, 11) is 0. The number of aryl methyl sites for hydroxylation is 1. The molecular formula is C15H12N2O6. The van der Waals surface area contributed by atoms with Crippen LogP contribution in [0.3, 0.4) is 0 Å². The molecule has 1 amide bonds. The van der Waals surface area contributed by atoms with Crippen LogP contribution in [0.25, 0.3) is 0 Å². The smallest absolute Gasteiger partial charge is 0.269 e. The normalized spacial score (nSPS) is 19.3. The summed E-state index contributed by atoms with van der Waals surface area (Å²) < 4.78 is 5.19. The molecule has 1 aromatic heterocycles. The number of furan rings is 1. The van der Waals surface area contributed by atoms with E-state index in [9.17, 15) is 24.8 Å². The number of amides is 1. The predicted molar refractivity (Wildman–Crippen MR) is 78.0 cm³/mol. The summed E-state index contributed by atoms with van der Waals surface area (Å²) in [6.07, 6.45) is -0.569. The Labute approximate surface area is 129 Å². The summed E-state index contributed by atoms with van der Waals surface area (Å²) in [6.45, 7) is 1.66. The molecule has 8 nitrogen and oxygen atoms in total. The molecule has 2 aromatic rings. The third kappa shape index (κ3) is 2.38. The number of rotatable bonds is 4. The molecule has 3 rings (SSSR count). The van der Waals surface area contributed by atoms with E-state index in [0.717, 1.165) is 6.07 Å². The Morgan fingerprint density at radius 1 is 1.39 bits per heavy atom. The maximum atomic E-state index is 12.2. The van der Waals surface area contributed by atoms with E-state index in [2.05, 4.69) is 5.32 Å². The fourth-order valence-electron chi connectivity index (χ4n) is 2.52. The van der Waals surface area contributed by atoms with E-state index >= 15 is 0 Å². The second kappa shape index (κ2) is 5.03. The number of anilines is 1. The van der Waals surface area contributed by atoms with Gasteiger partial charge in [-0.2, -0.15) is 0 Å². The summed E-state index contributed by atoms with van der Waals surface area (Å²) >= 11 is 0. The molecule has 0 radical (unpaired) electrons. The maximum absolute atomic E-state index is 12.2. The highest BCUT2D eigenvalue weighted by molar-refractivity contribution is 6.09. The van der Waals surface area contributed by atoms with Crippen molar-refractivity contribution in [3.8, 4) is 0 Å². The van der Waals surface area contributed by atoms with Crippen molar-refractivity contribution in [2.75, 3.05) is 5.32 Å². The molecule has 0 fully saturated rings. The van der Waals surface area contributed by atoms with Gasteiger partial charge in [0.15, 0.2) is 11.4 Å². The fourth-order valence-corrected chi connectivity index (χ4v) is 2.52. The average molecular weight is 316 g/mol. The summed E-state index contributed by atoms with van der Waals surface area (Å²) in [4.78, 5) is 34.6. The molecular weight excluding hydrogens is 304 g/mol. The number of aliphatic hydroxyl groups is 1. The van der Waals surface area contributed by atoms with Gasteiger partial charge < -0.3 is 14.8 Å². The van der Waals surface area contributed by atoms with E-state index < -0.39 is 28.6 Å². The lowest BCUT2D eigenvalue weighted by molar-refractivity contribution is -0.385. The Balaban J connectivity index is 1.98. The molecule has 0 saturated heterocycles. The van der Waals surface area contributed by atoms with E-state index in [1.54, 1.807) is 13.0 Å². The number of carbonyl (C=O) groups is 2. The van der Waals surface area contributed by atoms with Crippen molar-refractivity contribution >= 4 is 23.1 Å². The third-order valence-electron chi connectivity index (χ3n) is 3.71. The Hall–Kier alpha value is -3.00. The number of ketones is 1. The predicted octanol–water partition coefficient (Wildman–Crippen LogP) is 1.91. The first-order valence-electron chi connectivity index (χ1n) is 6.73. The highest BCUT2D eigenvalue weighted by Crippen LogP contribution is 2.40. The van der Waals surface area contributed by atoms with Crippen LogP contribution in [0.4, 0.5) is 11.4 Å². The summed E-state index contributed by atoms with van der Waals surface area (Å²) in [5, 5.41) is 24.0. The molecule has 2 N–H and O–H groups in total. The molecule has 118 valence electrons. The number of carbonyl (C=O) groups excluding carboxylic acids is 2. The monoisotopic (exact) mass is 316 g/mol. The van der Waals surface area contributed by atoms with Crippen LogP contribution < -0.4 is 5.32 Å². The Morgan fingerprint density at radius 2 is 2.13 bits per heavy atom.